The van der Waals surface area contributed by atoms with Gasteiger partial charge in [0.05, 0.1) is 22.9 Å². The number of hydrogen-bond donors (Lipinski definition) is 0. The van der Waals surface area contributed by atoms with Gasteiger partial charge in [0.25, 0.3) is 0 Å². The van der Waals surface area contributed by atoms with E-state index in [9.17, 15) is 9.59 Å². The molecule has 0 radical (unpaired) electrons. The molecule has 1 aromatic heterocycles. The number of amides is 1. The first-order chi connectivity index (χ1) is 13.1. The third-order valence-electron chi connectivity index (χ3n) is 4.11. The highest BCUT2D eigenvalue weighted by molar-refractivity contribution is 7.16. The van der Waals surface area contributed by atoms with Gasteiger partial charge in [-0.25, -0.2) is 4.79 Å². The number of esters is 1. The van der Waals surface area contributed by atoms with E-state index in [1.807, 2.05) is 41.0 Å². The van der Waals surface area contributed by atoms with Gasteiger partial charge in [-0.1, -0.05) is 47.7 Å². The maximum Gasteiger partial charge on any atom is 0.337 e. The van der Waals surface area contributed by atoms with Gasteiger partial charge in [0.15, 0.2) is 4.80 Å². The molecule has 0 saturated carbocycles. The van der Waals surface area contributed by atoms with E-state index in [1.54, 1.807) is 18.2 Å². The first kappa shape index (κ1) is 18.8. The van der Waals surface area contributed by atoms with E-state index < -0.39 is 5.97 Å². The number of allylic oxidation sites excluding steroid dienone is 1. The van der Waals surface area contributed by atoms with Crippen molar-refractivity contribution in [1.29, 1.82) is 0 Å². The standard InChI is InChI=1S/C21H20N2O3S/c1-3-13-23-17-11-10-16(20(25)26-2)14-18(17)27-21(23)22-19(24)12-9-15-7-5-4-6-8-15/h3-8,10-11,14H,1,9,12-13H2,2H3. The quantitative estimate of drug-likeness (QED) is 0.483. The number of methoxy groups -OCH3 is 1. The highest BCUT2D eigenvalue weighted by Crippen LogP contribution is 2.20. The number of nitrogens with zero attached hydrogens (tertiary/aromatic N) is 2. The molecule has 0 saturated heterocycles. The lowest BCUT2D eigenvalue weighted by atomic mass is 10.1. The monoisotopic (exact) mass is 380 g/mol. The molecule has 5 nitrogen and oxygen atoms in total. The second-order valence-electron chi connectivity index (χ2n) is 5.95. The van der Waals surface area contributed by atoms with Crippen LogP contribution in [0.4, 0.5) is 0 Å². The van der Waals surface area contributed by atoms with E-state index >= 15 is 0 Å². The molecule has 0 atom stereocenters. The Labute approximate surface area is 161 Å². The number of carbonyl (C=O) groups excluding carboxylic acids is 2. The average Bonchev–Trinajstić information content (AvgIpc) is 3.03. The molecule has 27 heavy (non-hydrogen) atoms. The Morgan fingerprint density at radius 2 is 2.00 bits per heavy atom. The average molecular weight is 380 g/mol. The van der Waals surface area contributed by atoms with Crippen LogP contribution < -0.4 is 4.80 Å². The fraction of sp³-hybridized carbons (Fsp3) is 0.190. The van der Waals surface area contributed by atoms with Crippen molar-refractivity contribution in [2.24, 2.45) is 4.99 Å². The van der Waals surface area contributed by atoms with E-state index in [4.69, 9.17) is 4.74 Å². The van der Waals surface area contributed by atoms with Gasteiger partial charge in [0.1, 0.15) is 0 Å². The smallest absolute Gasteiger partial charge is 0.337 e. The number of carbonyl (C=O) groups is 2. The topological polar surface area (TPSA) is 60.7 Å². The second kappa shape index (κ2) is 8.60. The highest BCUT2D eigenvalue weighted by Gasteiger charge is 2.11. The van der Waals surface area contributed by atoms with Gasteiger partial charge in [-0.05, 0) is 30.2 Å². The molecule has 0 fully saturated rings. The third kappa shape index (κ3) is 4.41. The Hall–Kier alpha value is -2.99. The summed E-state index contributed by atoms with van der Waals surface area (Å²) in [7, 11) is 1.35. The lowest BCUT2D eigenvalue weighted by molar-refractivity contribution is -0.118. The van der Waals surface area contributed by atoms with Crippen LogP contribution in [0.15, 0.2) is 66.2 Å². The van der Waals surface area contributed by atoms with E-state index in [0.717, 1.165) is 15.8 Å². The molecule has 6 heteroatoms. The fourth-order valence-electron chi connectivity index (χ4n) is 2.77. The minimum absolute atomic E-state index is 0.170. The lowest BCUT2D eigenvalue weighted by Crippen LogP contribution is -2.16. The van der Waals surface area contributed by atoms with E-state index in [0.29, 0.717) is 29.8 Å². The zero-order valence-corrected chi connectivity index (χ0v) is 15.9. The van der Waals surface area contributed by atoms with Crippen LogP contribution in [0, 0.1) is 0 Å². The number of ether oxygens (including phenoxy) is 1. The number of thiazole rings is 1. The molecule has 0 bridgehead atoms. The number of hydrogen-bond acceptors (Lipinski definition) is 4. The molecule has 0 spiro atoms. The Bertz CT molecular complexity index is 1050. The van der Waals surface area contributed by atoms with Crippen molar-refractivity contribution in [3.05, 3.63) is 77.1 Å². The molecule has 3 aromatic rings. The van der Waals surface area contributed by atoms with Crippen LogP contribution in [0.2, 0.25) is 0 Å². The Balaban J connectivity index is 1.92. The zero-order chi connectivity index (χ0) is 19.2. The second-order valence-corrected chi connectivity index (χ2v) is 6.96. The van der Waals surface area contributed by atoms with Crippen molar-refractivity contribution in [2.75, 3.05) is 7.11 Å². The van der Waals surface area contributed by atoms with E-state index in [1.165, 1.54) is 18.4 Å². The lowest BCUT2D eigenvalue weighted by Gasteiger charge is -2.02. The zero-order valence-electron chi connectivity index (χ0n) is 15.1. The summed E-state index contributed by atoms with van der Waals surface area (Å²) in [6.07, 6.45) is 2.76. The molecule has 0 aliphatic carbocycles. The number of rotatable bonds is 6. The fourth-order valence-corrected chi connectivity index (χ4v) is 3.86. The van der Waals surface area contributed by atoms with Crippen molar-refractivity contribution >= 4 is 33.4 Å². The van der Waals surface area contributed by atoms with Crippen molar-refractivity contribution in [2.45, 2.75) is 19.4 Å². The number of fused-ring (bicyclic) bond motifs is 1. The van der Waals surface area contributed by atoms with Crippen molar-refractivity contribution < 1.29 is 14.3 Å². The molecular formula is C21H20N2O3S. The predicted molar refractivity (Wildman–Crippen MR) is 107 cm³/mol. The van der Waals surface area contributed by atoms with Gasteiger partial charge in [0.2, 0.25) is 5.91 Å². The minimum atomic E-state index is -0.391. The molecule has 1 amide bonds. The Morgan fingerprint density at radius 1 is 1.22 bits per heavy atom. The maximum absolute atomic E-state index is 12.4. The summed E-state index contributed by atoms with van der Waals surface area (Å²) in [6.45, 7) is 4.31. The SMILES string of the molecule is C=CCn1c(=NC(=O)CCc2ccccc2)sc2cc(C(=O)OC)ccc21. The van der Waals surface area contributed by atoms with Gasteiger partial charge < -0.3 is 9.30 Å². The highest BCUT2D eigenvalue weighted by atomic mass is 32.1. The van der Waals surface area contributed by atoms with Crippen molar-refractivity contribution in [3.63, 3.8) is 0 Å². The predicted octanol–water partition coefficient (Wildman–Crippen LogP) is 3.74. The van der Waals surface area contributed by atoms with Crippen LogP contribution in [0.1, 0.15) is 22.3 Å². The molecule has 3 rings (SSSR count). The van der Waals surface area contributed by atoms with Crippen LogP contribution in [-0.2, 0) is 22.5 Å². The molecule has 1 heterocycles. The molecule has 2 aromatic carbocycles. The Kier molecular flexibility index (Phi) is 5.98. The molecular weight excluding hydrogens is 360 g/mol. The molecule has 0 aliphatic rings. The molecule has 138 valence electrons. The van der Waals surface area contributed by atoms with Crippen molar-refractivity contribution in [3.8, 4) is 0 Å². The summed E-state index contributed by atoms with van der Waals surface area (Å²) in [4.78, 5) is 29.0. The van der Waals surface area contributed by atoms with Crippen LogP contribution in [-0.4, -0.2) is 23.6 Å². The van der Waals surface area contributed by atoms with Gasteiger partial charge in [-0.15, -0.1) is 6.58 Å². The molecule has 0 unspecified atom stereocenters. The van der Waals surface area contributed by atoms with Gasteiger partial charge in [-0.2, -0.15) is 4.99 Å². The van der Waals surface area contributed by atoms with E-state index in [-0.39, 0.29) is 5.91 Å². The normalized spacial score (nSPS) is 11.5. The number of aromatic nitrogens is 1. The van der Waals surface area contributed by atoms with Crippen LogP contribution in [0.25, 0.3) is 10.2 Å². The summed E-state index contributed by atoms with van der Waals surface area (Å²) in [5.74, 6) is -0.561. The van der Waals surface area contributed by atoms with Gasteiger partial charge in [-0.3, -0.25) is 4.79 Å². The summed E-state index contributed by atoms with van der Waals surface area (Å²) in [5.41, 5.74) is 2.49. The first-order valence-electron chi connectivity index (χ1n) is 8.56. The summed E-state index contributed by atoms with van der Waals surface area (Å²) >= 11 is 1.38. The Morgan fingerprint density at radius 3 is 2.70 bits per heavy atom. The van der Waals surface area contributed by atoms with E-state index in [2.05, 4.69) is 11.6 Å². The first-order valence-corrected chi connectivity index (χ1v) is 9.38. The number of aryl methyl sites for hydroxylation is 1. The molecule has 0 aliphatic heterocycles. The van der Waals surface area contributed by atoms with Crippen LogP contribution in [0.5, 0.6) is 0 Å². The molecule has 0 N–H and O–H groups in total. The third-order valence-corrected chi connectivity index (χ3v) is 5.15. The van der Waals surface area contributed by atoms with Gasteiger partial charge in [0, 0.05) is 13.0 Å². The van der Waals surface area contributed by atoms with Crippen LogP contribution >= 0.6 is 11.3 Å². The summed E-state index contributed by atoms with van der Waals surface area (Å²) < 4.78 is 7.57. The summed E-state index contributed by atoms with van der Waals surface area (Å²) in [6, 6.07) is 15.2. The number of benzene rings is 2. The van der Waals surface area contributed by atoms with Crippen LogP contribution in [0.3, 0.4) is 0 Å². The largest absolute Gasteiger partial charge is 0.465 e. The maximum atomic E-state index is 12.4. The summed E-state index contributed by atoms with van der Waals surface area (Å²) in [5, 5.41) is 0. The van der Waals surface area contributed by atoms with Crippen molar-refractivity contribution in [1.82, 2.24) is 4.57 Å². The van der Waals surface area contributed by atoms with Gasteiger partial charge >= 0.3 is 5.97 Å². The minimum Gasteiger partial charge on any atom is -0.465 e.